The van der Waals surface area contributed by atoms with Crippen LogP contribution in [0.5, 0.6) is 0 Å². The Morgan fingerprint density at radius 1 is 1.19 bits per heavy atom. The Hall–Kier alpha value is -1.37. The molecule has 1 aromatic carbocycles. The summed E-state index contributed by atoms with van der Waals surface area (Å²) in [6, 6.07) is 6.93. The fourth-order valence-electron chi connectivity index (χ4n) is 1.59. The molecule has 0 bridgehead atoms. The van der Waals surface area contributed by atoms with Crippen LogP contribution in [0.1, 0.15) is 39.7 Å². The van der Waals surface area contributed by atoms with Crippen molar-refractivity contribution in [2.75, 3.05) is 0 Å². The normalized spacial score (nSPS) is 12.3. The van der Waals surface area contributed by atoms with Gasteiger partial charge in [-0.3, -0.25) is 4.79 Å². The molecule has 0 aliphatic heterocycles. The summed E-state index contributed by atoms with van der Waals surface area (Å²) in [5.74, 6) is -0.839. The Kier molecular flexibility index (Phi) is 5.56. The predicted molar refractivity (Wildman–Crippen MR) is 81.5 cm³/mol. The fraction of sp³-hybridized carbons (Fsp3) is 0.533. The van der Waals surface area contributed by atoms with Crippen LogP contribution in [0.3, 0.4) is 0 Å². The highest BCUT2D eigenvalue weighted by Gasteiger charge is 2.39. The number of aliphatic hydroxyl groups is 1. The van der Waals surface area contributed by atoms with E-state index in [9.17, 15) is 14.9 Å². The lowest BCUT2D eigenvalue weighted by molar-refractivity contribution is -0.136. The maximum absolute atomic E-state index is 10.5. The predicted octanol–water partition coefficient (Wildman–Crippen LogP) is 0.957. The van der Waals surface area contributed by atoms with Crippen molar-refractivity contribution in [1.82, 2.24) is 0 Å². The van der Waals surface area contributed by atoms with E-state index in [1.165, 1.54) is 0 Å². The van der Waals surface area contributed by atoms with E-state index in [1.807, 2.05) is 0 Å². The third kappa shape index (κ3) is 5.15. The minimum atomic E-state index is -1.15. The van der Waals surface area contributed by atoms with E-state index >= 15 is 0 Å². The zero-order valence-electron chi connectivity index (χ0n) is 13.0. The number of aliphatic carboxylic acids is 1. The summed E-state index contributed by atoms with van der Waals surface area (Å²) >= 11 is 0. The van der Waals surface area contributed by atoms with Gasteiger partial charge in [0.05, 0.1) is 11.2 Å². The van der Waals surface area contributed by atoms with E-state index in [4.69, 9.17) is 9.76 Å². The van der Waals surface area contributed by atoms with Gasteiger partial charge in [-0.05, 0) is 45.1 Å². The third-order valence-electron chi connectivity index (χ3n) is 3.77. The summed E-state index contributed by atoms with van der Waals surface area (Å²) in [5.41, 5.74) is -0.578. The summed E-state index contributed by atoms with van der Waals surface area (Å²) in [4.78, 5) is 10.5. The van der Waals surface area contributed by atoms with Gasteiger partial charge in [0.15, 0.2) is 0 Å². The maximum atomic E-state index is 10.5. The largest absolute Gasteiger partial charge is 0.491 e. The van der Waals surface area contributed by atoms with Crippen molar-refractivity contribution in [3.05, 3.63) is 29.8 Å². The van der Waals surface area contributed by atoms with Crippen molar-refractivity contribution in [2.45, 2.75) is 51.7 Å². The van der Waals surface area contributed by atoms with Crippen molar-refractivity contribution in [3.8, 4) is 0 Å². The maximum Gasteiger partial charge on any atom is 0.491 e. The van der Waals surface area contributed by atoms with Crippen LogP contribution < -0.4 is 5.46 Å². The highest BCUT2D eigenvalue weighted by atomic mass is 16.5. The van der Waals surface area contributed by atoms with Crippen molar-refractivity contribution in [1.29, 1.82) is 0 Å². The van der Waals surface area contributed by atoms with E-state index < -0.39 is 24.3 Å². The molecule has 0 saturated carbocycles. The van der Waals surface area contributed by atoms with E-state index in [-0.39, 0.29) is 6.42 Å². The molecule has 0 aliphatic rings. The number of carboxylic acid groups (broad SMARTS) is 1. The molecule has 0 atom stereocenters. The summed E-state index contributed by atoms with van der Waals surface area (Å²) in [5, 5.41) is 28.8. The van der Waals surface area contributed by atoms with Gasteiger partial charge in [0.25, 0.3) is 0 Å². The molecule has 0 heterocycles. The minimum Gasteiger partial charge on any atom is -0.481 e. The van der Waals surface area contributed by atoms with Crippen LogP contribution in [0.25, 0.3) is 0 Å². The van der Waals surface area contributed by atoms with Crippen LogP contribution in [0.4, 0.5) is 0 Å². The Bertz CT molecular complexity index is 476. The van der Waals surface area contributed by atoms with E-state index in [1.54, 1.807) is 52.0 Å². The lowest BCUT2D eigenvalue weighted by Crippen LogP contribution is -2.53. The van der Waals surface area contributed by atoms with Gasteiger partial charge in [0.1, 0.15) is 0 Å². The molecular formula is C15H23BO5. The van der Waals surface area contributed by atoms with Crippen molar-refractivity contribution >= 4 is 18.6 Å². The molecule has 0 aromatic heterocycles. The molecular weight excluding hydrogens is 271 g/mol. The minimum absolute atomic E-state index is 0.0735. The molecule has 1 rings (SSSR count). The lowest BCUT2D eigenvalue weighted by atomic mass is 9.76. The Labute approximate surface area is 125 Å². The van der Waals surface area contributed by atoms with E-state index in [0.717, 1.165) is 5.56 Å². The average molecular weight is 294 g/mol. The first-order valence-electron chi connectivity index (χ1n) is 6.92. The second-order valence-electron chi connectivity index (χ2n) is 6.17. The second kappa shape index (κ2) is 6.60. The van der Waals surface area contributed by atoms with Crippen molar-refractivity contribution < 1.29 is 24.7 Å². The SMILES string of the molecule is CC(C)(O)C(C)(C)OB(O)c1ccc(CCC(=O)O)cc1. The molecule has 6 heteroatoms. The summed E-state index contributed by atoms with van der Waals surface area (Å²) < 4.78 is 5.54. The smallest absolute Gasteiger partial charge is 0.481 e. The number of carboxylic acids is 1. The quantitative estimate of drug-likeness (QED) is 0.652. The van der Waals surface area contributed by atoms with Gasteiger partial charge in [-0.1, -0.05) is 24.3 Å². The highest BCUT2D eigenvalue weighted by Crippen LogP contribution is 2.25. The summed E-state index contributed by atoms with van der Waals surface area (Å²) in [7, 11) is -1.15. The fourth-order valence-corrected chi connectivity index (χ4v) is 1.59. The van der Waals surface area contributed by atoms with Crippen LogP contribution >= 0.6 is 0 Å². The number of rotatable bonds is 7. The average Bonchev–Trinajstić information content (AvgIpc) is 2.35. The molecule has 0 unspecified atom stereocenters. The second-order valence-corrected chi connectivity index (χ2v) is 6.17. The first-order valence-corrected chi connectivity index (χ1v) is 6.92. The lowest BCUT2D eigenvalue weighted by Gasteiger charge is -2.38. The number of benzene rings is 1. The topological polar surface area (TPSA) is 87.0 Å². The van der Waals surface area contributed by atoms with Crippen LogP contribution in [-0.4, -0.2) is 39.5 Å². The van der Waals surface area contributed by atoms with Crippen LogP contribution in [0.2, 0.25) is 0 Å². The highest BCUT2D eigenvalue weighted by molar-refractivity contribution is 6.60. The molecule has 3 N–H and O–H groups in total. The van der Waals surface area contributed by atoms with Gasteiger partial charge in [0, 0.05) is 6.42 Å². The molecule has 21 heavy (non-hydrogen) atoms. The first kappa shape index (κ1) is 17.7. The molecule has 0 amide bonds. The Balaban J connectivity index is 2.71. The van der Waals surface area contributed by atoms with Crippen molar-refractivity contribution in [2.24, 2.45) is 0 Å². The van der Waals surface area contributed by atoms with Crippen LogP contribution in [0.15, 0.2) is 24.3 Å². The van der Waals surface area contributed by atoms with Crippen molar-refractivity contribution in [3.63, 3.8) is 0 Å². The zero-order valence-corrected chi connectivity index (χ0v) is 13.0. The van der Waals surface area contributed by atoms with Gasteiger partial charge in [-0.25, -0.2) is 0 Å². The van der Waals surface area contributed by atoms with Gasteiger partial charge < -0.3 is 19.9 Å². The van der Waals surface area contributed by atoms with Crippen LogP contribution in [0, 0.1) is 0 Å². The number of hydrogen-bond donors (Lipinski definition) is 3. The number of carbonyl (C=O) groups is 1. The molecule has 5 nitrogen and oxygen atoms in total. The molecule has 0 saturated heterocycles. The molecule has 0 aliphatic carbocycles. The molecule has 0 fully saturated rings. The van der Waals surface area contributed by atoms with Gasteiger partial charge in [-0.15, -0.1) is 0 Å². The van der Waals surface area contributed by atoms with Gasteiger partial charge in [-0.2, -0.15) is 0 Å². The summed E-state index contributed by atoms with van der Waals surface area (Å²) in [6.07, 6.45) is 0.520. The van der Waals surface area contributed by atoms with E-state index in [2.05, 4.69) is 0 Å². The third-order valence-corrected chi connectivity index (χ3v) is 3.77. The summed E-state index contributed by atoms with van der Waals surface area (Å²) in [6.45, 7) is 6.65. The monoisotopic (exact) mass is 294 g/mol. The molecule has 0 radical (unpaired) electrons. The zero-order chi connectivity index (χ0) is 16.3. The molecule has 116 valence electrons. The van der Waals surface area contributed by atoms with E-state index in [0.29, 0.717) is 11.9 Å². The number of hydrogen-bond acceptors (Lipinski definition) is 4. The van der Waals surface area contributed by atoms with Gasteiger partial charge in [0.2, 0.25) is 0 Å². The standard InChI is InChI=1S/C15H23BO5/c1-14(2,19)15(3,4)21-16(20)12-8-5-11(6-9-12)7-10-13(17)18/h5-6,8-9,19-20H,7,10H2,1-4H3,(H,17,18). The first-order chi connectivity index (χ1) is 9.53. The van der Waals surface area contributed by atoms with Gasteiger partial charge >= 0.3 is 13.1 Å². The molecule has 0 spiro atoms. The Morgan fingerprint density at radius 3 is 2.14 bits per heavy atom. The molecule has 1 aromatic rings. The number of aryl methyl sites for hydroxylation is 1. The Morgan fingerprint density at radius 2 is 1.71 bits per heavy atom. The van der Waals surface area contributed by atoms with Crippen LogP contribution in [-0.2, 0) is 15.9 Å².